The van der Waals surface area contributed by atoms with Gasteiger partial charge in [0.1, 0.15) is 5.60 Å². The molecule has 0 radical (unpaired) electrons. The predicted molar refractivity (Wildman–Crippen MR) is 88.6 cm³/mol. The van der Waals surface area contributed by atoms with Gasteiger partial charge in [-0.2, -0.15) is 0 Å². The standard InChI is InChI=1S/C17H25N3O2/c1-17(2,3)22-16(21)19-9-12-10-20(11-12)15-6-4-5-14-13(15)7-8-18-14/h4-6,12,18H,7-11H2,1-3H3,(H,19,21). The van der Waals surface area contributed by atoms with Crippen LogP contribution in [-0.4, -0.2) is 37.9 Å². The number of rotatable bonds is 3. The molecule has 1 fully saturated rings. The summed E-state index contributed by atoms with van der Waals surface area (Å²) in [4.78, 5) is 14.0. The Morgan fingerprint density at radius 1 is 1.41 bits per heavy atom. The monoisotopic (exact) mass is 303 g/mol. The molecular weight excluding hydrogens is 278 g/mol. The molecule has 2 aliphatic heterocycles. The summed E-state index contributed by atoms with van der Waals surface area (Å²) in [7, 11) is 0. The number of ether oxygens (including phenoxy) is 1. The molecule has 3 rings (SSSR count). The van der Waals surface area contributed by atoms with E-state index in [9.17, 15) is 4.79 Å². The van der Waals surface area contributed by atoms with E-state index in [1.165, 1.54) is 16.9 Å². The van der Waals surface area contributed by atoms with Gasteiger partial charge in [0.25, 0.3) is 0 Å². The van der Waals surface area contributed by atoms with Crippen molar-refractivity contribution in [2.45, 2.75) is 32.8 Å². The van der Waals surface area contributed by atoms with Crippen molar-refractivity contribution in [2.24, 2.45) is 5.92 Å². The summed E-state index contributed by atoms with van der Waals surface area (Å²) in [6.07, 6.45) is 0.777. The van der Waals surface area contributed by atoms with Crippen molar-refractivity contribution in [3.63, 3.8) is 0 Å². The maximum absolute atomic E-state index is 11.7. The number of carbonyl (C=O) groups is 1. The molecule has 2 heterocycles. The maximum Gasteiger partial charge on any atom is 0.407 e. The number of anilines is 2. The van der Waals surface area contributed by atoms with Crippen LogP contribution >= 0.6 is 0 Å². The number of carbonyl (C=O) groups excluding carboxylic acids is 1. The second kappa shape index (κ2) is 5.71. The third-order valence-electron chi connectivity index (χ3n) is 4.07. The van der Waals surface area contributed by atoms with Gasteiger partial charge >= 0.3 is 6.09 Å². The first-order valence-corrected chi connectivity index (χ1v) is 8.00. The van der Waals surface area contributed by atoms with Gasteiger partial charge in [0.2, 0.25) is 0 Å². The molecule has 1 saturated heterocycles. The Hall–Kier alpha value is -1.91. The summed E-state index contributed by atoms with van der Waals surface area (Å²) < 4.78 is 5.26. The normalized spacial score (nSPS) is 17.5. The Bertz CT molecular complexity index is 560. The highest BCUT2D eigenvalue weighted by molar-refractivity contribution is 5.70. The minimum atomic E-state index is -0.437. The van der Waals surface area contributed by atoms with Crippen molar-refractivity contribution in [3.8, 4) is 0 Å². The van der Waals surface area contributed by atoms with E-state index >= 15 is 0 Å². The van der Waals surface area contributed by atoms with Crippen LogP contribution in [0.15, 0.2) is 18.2 Å². The Kier molecular flexibility index (Phi) is 3.89. The van der Waals surface area contributed by atoms with Crippen molar-refractivity contribution >= 4 is 17.5 Å². The fourth-order valence-corrected chi connectivity index (χ4v) is 3.06. The van der Waals surface area contributed by atoms with Gasteiger partial charge in [-0.3, -0.25) is 0 Å². The van der Waals surface area contributed by atoms with Gasteiger partial charge in [-0.1, -0.05) is 6.07 Å². The lowest BCUT2D eigenvalue weighted by Gasteiger charge is -2.42. The zero-order chi connectivity index (χ0) is 15.7. The number of nitrogens with one attached hydrogen (secondary N) is 2. The molecule has 1 amide bonds. The van der Waals surface area contributed by atoms with Crippen LogP contribution in [0.5, 0.6) is 0 Å². The number of hydrogen-bond donors (Lipinski definition) is 2. The van der Waals surface area contributed by atoms with Gasteiger partial charge in [-0.25, -0.2) is 4.79 Å². The number of amides is 1. The van der Waals surface area contributed by atoms with Crippen molar-refractivity contribution in [1.29, 1.82) is 0 Å². The smallest absolute Gasteiger partial charge is 0.407 e. The molecule has 2 N–H and O–H groups in total. The second-order valence-electron chi connectivity index (χ2n) is 7.13. The summed E-state index contributed by atoms with van der Waals surface area (Å²) in [5.74, 6) is 0.498. The summed E-state index contributed by atoms with van der Waals surface area (Å²) in [5.41, 5.74) is 3.61. The Labute approximate surface area is 132 Å². The van der Waals surface area contributed by atoms with Crippen molar-refractivity contribution in [1.82, 2.24) is 5.32 Å². The van der Waals surface area contributed by atoms with Crippen LogP contribution in [0.25, 0.3) is 0 Å². The van der Waals surface area contributed by atoms with E-state index in [2.05, 4.69) is 33.7 Å². The highest BCUT2D eigenvalue weighted by Gasteiger charge is 2.30. The molecule has 120 valence electrons. The molecule has 2 aliphatic rings. The SMILES string of the molecule is CC(C)(C)OC(=O)NCC1CN(c2cccc3c2CCN3)C1. The lowest BCUT2D eigenvalue weighted by molar-refractivity contribution is 0.0516. The quantitative estimate of drug-likeness (QED) is 0.901. The van der Waals surface area contributed by atoms with E-state index in [1.54, 1.807) is 0 Å². The van der Waals surface area contributed by atoms with Crippen LogP contribution in [0.3, 0.4) is 0 Å². The van der Waals surface area contributed by atoms with Crippen LogP contribution in [0.1, 0.15) is 26.3 Å². The first-order valence-electron chi connectivity index (χ1n) is 8.00. The zero-order valence-corrected chi connectivity index (χ0v) is 13.6. The average Bonchev–Trinajstić information content (AvgIpc) is 2.83. The van der Waals surface area contributed by atoms with E-state index in [4.69, 9.17) is 4.74 Å². The number of nitrogens with zero attached hydrogens (tertiary/aromatic N) is 1. The first-order chi connectivity index (χ1) is 10.4. The van der Waals surface area contributed by atoms with Gasteiger partial charge < -0.3 is 20.3 Å². The summed E-state index contributed by atoms with van der Waals surface area (Å²) >= 11 is 0. The predicted octanol–water partition coefficient (Wildman–Crippen LogP) is 2.62. The summed E-state index contributed by atoms with van der Waals surface area (Å²) in [5, 5.41) is 6.28. The molecule has 22 heavy (non-hydrogen) atoms. The van der Waals surface area contributed by atoms with E-state index in [1.807, 2.05) is 20.8 Å². The molecule has 0 spiro atoms. The largest absolute Gasteiger partial charge is 0.444 e. The second-order valence-corrected chi connectivity index (χ2v) is 7.13. The molecule has 5 nitrogen and oxygen atoms in total. The third-order valence-corrected chi connectivity index (χ3v) is 4.07. The van der Waals surface area contributed by atoms with Gasteiger partial charge in [0, 0.05) is 49.0 Å². The molecule has 5 heteroatoms. The molecule has 1 aromatic carbocycles. The highest BCUT2D eigenvalue weighted by atomic mass is 16.6. The lowest BCUT2D eigenvalue weighted by Crippen LogP contribution is -2.52. The summed E-state index contributed by atoms with van der Waals surface area (Å²) in [6, 6.07) is 6.45. The average molecular weight is 303 g/mol. The Morgan fingerprint density at radius 3 is 2.91 bits per heavy atom. The Morgan fingerprint density at radius 2 is 2.18 bits per heavy atom. The fraction of sp³-hybridized carbons (Fsp3) is 0.588. The summed E-state index contributed by atoms with van der Waals surface area (Å²) in [6.45, 7) is 9.33. The molecular formula is C17H25N3O2. The lowest BCUT2D eigenvalue weighted by atomic mass is 9.97. The molecule has 0 atom stereocenters. The van der Waals surface area contributed by atoms with E-state index in [0.29, 0.717) is 12.5 Å². The number of benzene rings is 1. The van der Waals surface area contributed by atoms with Crippen LogP contribution < -0.4 is 15.5 Å². The molecule has 0 aromatic heterocycles. The van der Waals surface area contributed by atoms with Crippen LogP contribution in [-0.2, 0) is 11.2 Å². The molecule has 0 aliphatic carbocycles. The number of alkyl carbamates (subject to hydrolysis) is 1. The topological polar surface area (TPSA) is 53.6 Å². The van der Waals surface area contributed by atoms with Crippen LogP contribution in [0, 0.1) is 5.92 Å². The van der Waals surface area contributed by atoms with Crippen molar-refractivity contribution in [3.05, 3.63) is 23.8 Å². The Balaban J connectivity index is 1.47. The molecule has 0 saturated carbocycles. The molecule has 0 unspecified atom stereocenters. The highest BCUT2D eigenvalue weighted by Crippen LogP contribution is 2.35. The molecule has 0 bridgehead atoms. The molecule has 1 aromatic rings. The number of fused-ring (bicyclic) bond motifs is 1. The van der Waals surface area contributed by atoms with Gasteiger partial charge in [-0.05, 0) is 39.3 Å². The minimum Gasteiger partial charge on any atom is -0.444 e. The van der Waals surface area contributed by atoms with E-state index < -0.39 is 5.60 Å². The number of hydrogen-bond acceptors (Lipinski definition) is 4. The van der Waals surface area contributed by atoms with Crippen LogP contribution in [0.2, 0.25) is 0 Å². The minimum absolute atomic E-state index is 0.323. The van der Waals surface area contributed by atoms with E-state index in [0.717, 1.165) is 26.1 Å². The van der Waals surface area contributed by atoms with Crippen molar-refractivity contribution < 1.29 is 9.53 Å². The zero-order valence-electron chi connectivity index (χ0n) is 13.6. The van der Waals surface area contributed by atoms with Gasteiger partial charge in [0.05, 0.1) is 0 Å². The van der Waals surface area contributed by atoms with E-state index in [-0.39, 0.29) is 6.09 Å². The van der Waals surface area contributed by atoms with Gasteiger partial charge in [-0.15, -0.1) is 0 Å². The van der Waals surface area contributed by atoms with Crippen molar-refractivity contribution in [2.75, 3.05) is 36.4 Å². The third kappa shape index (κ3) is 3.29. The van der Waals surface area contributed by atoms with Gasteiger partial charge in [0.15, 0.2) is 0 Å². The van der Waals surface area contributed by atoms with Crippen LogP contribution in [0.4, 0.5) is 16.2 Å². The fourth-order valence-electron chi connectivity index (χ4n) is 3.06. The first kappa shape index (κ1) is 15.0. The maximum atomic E-state index is 11.7.